The van der Waals surface area contributed by atoms with Crippen LogP contribution in [0.2, 0.25) is 0 Å². The molecular weight excluding hydrogens is 239 g/mol. The van der Waals surface area contributed by atoms with Crippen LogP contribution >= 0.6 is 0 Å². The molecule has 1 N–H and O–H groups in total. The van der Waals surface area contributed by atoms with Gasteiger partial charge in [-0.25, -0.2) is 4.39 Å². The van der Waals surface area contributed by atoms with Gasteiger partial charge in [0.1, 0.15) is 5.75 Å². The number of ether oxygens (including phenoxy) is 2. The van der Waals surface area contributed by atoms with E-state index >= 15 is 0 Å². The molecule has 0 heterocycles. The SMILES string of the molecule is COc1c(C)c(CCC(=O)O)c(OC)c(C)c1F. The zero-order chi connectivity index (χ0) is 13.9. The fourth-order valence-electron chi connectivity index (χ4n) is 2.02. The topological polar surface area (TPSA) is 55.8 Å². The predicted molar refractivity (Wildman–Crippen MR) is 64.9 cm³/mol. The maximum absolute atomic E-state index is 14.0. The van der Waals surface area contributed by atoms with Gasteiger partial charge in [-0.2, -0.15) is 0 Å². The number of carboxylic acid groups (broad SMARTS) is 1. The molecule has 0 saturated carbocycles. The normalized spacial score (nSPS) is 10.3. The van der Waals surface area contributed by atoms with Crippen LogP contribution in [0.15, 0.2) is 0 Å². The van der Waals surface area contributed by atoms with Crippen LogP contribution in [0.5, 0.6) is 11.5 Å². The Balaban J connectivity index is 3.37. The minimum Gasteiger partial charge on any atom is -0.496 e. The Morgan fingerprint density at radius 2 is 1.72 bits per heavy atom. The first kappa shape index (κ1) is 14.3. The standard InChI is InChI=1S/C13H17FO4/c1-7-9(5-6-10(15)16)12(17-3)8(2)11(14)13(7)18-4/h5-6H2,1-4H3,(H,15,16). The summed E-state index contributed by atoms with van der Waals surface area (Å²) < 4.78 is 24.2. The number of aliphatic carboxylic acids is 1. The lowest BCUT2D eigenvalue weighted by molar-refractivity contribution is -0.136. The molecule has 0 aliphatic carbocycles. The van der Waals surface area contributed by atoms with Crippen molar-refractivity contribution in [3.63, 3.8) is 0 Å². The molecule has 1 aromatic rings. The van der Waals surface area contributed by atoms with Crippen molar-refractivity contribution < 1.29 is 23.8 Å². The van der Waals surface area contributed by atoms with E-state index in [9.17, 15) is 9.18 Å². The van der Waals surface area contributed by atoms with E-state index in [1.807, 2.05) is 0 Å². The number of methoxy groups -OCH3 is 2. The van der Waals surface area contributed by atoms with Gasteiger partial charge in [0.25, 0.3) is 0 Å². The van der Waals surface area contributed by atoms with Gasteiger partial charge in [-0.3, -0.25) is 4.79 Å². The van der Waals surface area contributed by atoms with Crippen molar-refractivity contribution in [3.8, 4) is 11.5 Å². The second-order valence-electron chi connectivity index (χ2n) is 4.00. The van der Waals surface area contributed by atoms with Gasteiger partial charge in [0.15, 0.2) is 11.6 Å². The van der Waals surface area contributed by atoms with Gasteiger partial charge in [0, 0.05) is 23.1 Å². The number of carboxylic acids is 1. The van der Waals surface area contributed by atoms with Gasteiger partial charge in [0.2, 0.25) is 0 Å². The molecule has 18 heavy (non-hydrogen) atoms. The Kier molecular flexibility index (Phi) is 4.53. The summed E-state index contributed by atoms with van der Waals surface area (Å²) >= 11 is 0. The molecular formula is C13H17FO4. The lowest BCUT2D eigenvalue weighted by Gasteiger charge is -2.18. The second kappa shape index (κ2) is 5.71. The highest BCUT2D eigenvalue weighted by molar-refractivity contribution is 5.68. The van der Waals surface area contributed by atoms with E-state index in [1.54, 1.807) is 13.8 Å². The van der Waals surface area contributed by atoms with Crippen LogP contribution in [0.1, 0.15) is 23.1 Å². The van der Waals surface area contributed by atoms with Crippen molar-refractivity contribution in [2.24, 2.45) is 0 Å². The van der Waals surface area contributed by atoms with E-state index in [2.05, 4.69) is 0 Å². The predicted octanol–water partition coefficient (Wildman–Crippen LogP) is 2.48. The Hall–Kier alpha value is -1.78. The molecule has 5 heteroatoms. The number of carbonyl (C=O) groups is 1. The lowest BCUT2D eigenvalue weighted by Crippen LogP contribution is -2.06. The zero-order valence-corrected chi connectivity index (χ0v) is 11.0. The zero-order valence-electron chi connectivity index (χ0n) is 11.0. The minimum atomic E-state index is -0.905. The largest absolute Gasteiger partial charge is 0.496 e. The van der Waals surface area contributed by atoms with Crippen LogP contribution in [0.4, 0.5) is 4.39 Å². The van der Waals surface area contributed by atoms with Crippen molar-refractivity contribution in [1.29, 1.82) is 0 Å². The second-order valence-corrected chi connectivity index (χ2v) is 4.00. The minimum absolute atomic E-state index is 0.0363. The van der Waals surface area contributed by atoms with Crippen LogP contribution in [0.25, 0.3) is 0 Å². The number of hydrogen-bond donors (Lipinski definition) is 1. The summed E-state index contributed by atoms with van der Waals surface area (Å²) in [5.74, 6) is -0.830. The van der Waals surface area contributed by atoms with E-state index in [4.69, 9.17) is 14.6 Å². The summed E-state index contributed by atoms with van der Waals surface area (Å²) in [5, 5.41) is 8.73. The summed E-state index contributed by atoms with van der Waals surface area (Å²) in [4.78, 5) is 10.6. The quantitative estimate of drug-likeness (QED) is 0.879. The number of rotatable bonds is 5. The average molecular weight is 256 g/mol. The summed E-state index contributed by atoms with van der Waals surface area (Å²) in [6.07, 6.45) is 0.243. The van der Waals surface area contributed by atoms with Crippen LogP contribution < -0.4 is 9.47 Å². The van der Waals surface area contributed by atoms with E-state index in [0.29, 0.717) is 22.4 Å². The highest BCUT2D eigenvalue weighted by Crippen LogP contribution is 2.37. The molecule has 0 unspecified atom stereocenters. The fourth-order valence-corrected chi connectivity index (χ4v) is 2.02. The van der Waals surface area contributed by atoms with Crippen LogP contribution in [0.3, 0.4) is 0 Å². The number of hydrogen-bond acceptors (Lipinski definition) is 3. The van der Waals surface area contributed by atoms with Crippen LogP contribution in [-0.4, -0.2) is 25.3 Å². The molecule has 0 atom stereocenters. The Morgan fingerprint density at radius 1 is 1.17 bits per heavy atom. The van der Waals surface area contributed by atoms with Crippen molar-refractivity contribution in [2.45, 2.75) is 26.7 Å². The average Bonchev–Trinajstić information content (AvgIpc) is 2.32. The molecule has 0 aromatic heterocycles. The van der Waals surface area contributed by atoms with Crippen LogP contribution in [-0.2, 0) is 11.2 Å². The molecule has 1 rings (SSSR count). The monoisotopic (exact) mass is 256 g/mol. The van der Waals surface area contributed by atoms with Gasteiger partial charge in [-0.05, 0) is 20.3 Å². The van der Waals surface area contributed by atoms with E-state index in [1.165, 1.54) is 14.2 Å². The van der Waals surface area contributed by atoms with Crippen molar-refractivity contribution in [3.05, 3.63) is 22.5 Å². The molecule has 0 aliphatic heterocycles. The van der Waals surface area contributed by atoms with Gasteiger partial charge < -0.3 is 14.6 Å². The first-order chi connectivity index (χ1) is 8.43. The van der Waals surface area contributed by atoms with Gasteiger partial charge >= 0.3 is 5.97 Å². The molecule has 100 valence electrons. The third-order valence-electron chi connectivity index (χ3n) is 2.93. The first-order valence-corrected chi connectivity index (χ1v) is 5.55. The molecule has 0 bridgehead atoms. The molecule has 1 aromatic carbocycles. The van der Waals surface area contributed by atoms with Crippen molar-refractivity contribution in [1.82, 2.24) is 0 Å². The summed E-state index contributed by atoms with van der Waals surface area (Å²) in [7, 11) is 2.83. The number of benzene rings is 1. The van der Waals surface area contributed by atoms with Crippen molar-refractivity contribution in [2.75, 3.05) is 14.2 Å². The smallest absolute Gasteiger partial charge is 0.303 e. The van der Waals surface area contributed by atoms with Gasteiger partial charge in [-0.15, -0.1) is 0 Å². The van der Waals surface area contributed by atoms with E-state index in [-0.39, 0.29) is 18.6 Å². The van der Waals surface area contributed by atoms with Gasteiger partial charge in [0.05, 0.1) is 14.2 Å². The summed E-state index contributed by atoms with van der Waals surface area (Å²) in [6, 6.07) is 0. The molecule has 0 saturated heterocycles. The fraction of sp³-hybridized carbons (Fsp3) is 0.462. The Bertz CT molecular complexity index is 469. The third kappa shape index (κ3) is 2.55. The Labute approximate surface area is 105 Å². The Morgan fingerprint density at radius 3 is 2.17 bits per heavy atom. The van der Waals surface area contributed by atoms with Gasteiger partial charge in [-0.1, -0.05) is 0 Å². The molecule has 4 nitrogen and oxygen atoms in total. The molecule has 0 spiro atoms. The van der Waals surface area contributed by atoms with Crippen molar-refractivity contribution >= 4 is 5.97 Å². The van der Waals surface area contributed by atoms with E-state index in [0.717, 1.165) is 0 Å². The third-order valence-corrected chi connectivity index (χ3v) is 2.93. The highest BCUT2D eigenvalue weighted by atomic mass is 19.1. The first-order valence-electron chi connectivity index (χ1n) is 5.55. The molecule has 0 radical (unpaired) electrons. The number of halogens is 1. The summed E-state index contributed by atoms with van der Waals surface area (Å²) in [6.45, 7) is 3.28. The lowest BCUT2D eigenvalue weighted by atomic mass is 9.98. The van der Waals surface area contributed by atoms with Crippen LogP contribution in [0, 0.1) is 19.7 Å². The molecule has 0 fully saturated rings. The summed E-state index contributed by atoms with van der Waals surface area (Å²) in [5.41, 5.74) is 1.59. The van der Waals surface area contributed by atoms with E-state index < -0.39 is 11.8 Å². The molecule has 0 aliphatic rings. The highest BCUT2D eigenvalue weighted by Gasteiger charge is 2.21. The maximum atomic E-state index is 14.0. The maximum Gasteiger partial charge on any atom is 0.303 e. The molecule has 0 amide bonds.